The number of aryl methyl sites for hydroxylation is 2. The molecule has 0 fully saturated rings. The maximum atomic E-state index is 13.2. The van der Waals surface area contributed by atoms with Gasteiger partial charge in [-0.05, 0) is 55.3 Å². The van der Waals surface area contributed by atoms with Crippen molar-refractivity contribution in [3.05, 3.63) is 94.3 Å². The number of benzene rings is 2. The molecule has 4 aromatic rings. The summed E-state index contributed by atoms with van der Waals surface area (Å²) in [6.45, 7) is 3.37. The number of aromatic nitrogens is 1. The number of carbonyl (C=O) groups is 1. The number of nitrogens with zero attached hydrogens (tertiary/aromatic N) is 2. The van der Waals surface area contributed by atoms with E-state index >= 15 is 0 Å². The maximum absolute atomic E-state index is 13.2. The highest BCUT2D eigenvalue weighted by Gasteiger charge is 2.30. The van der Waals surface area contributed by atoms with E-state index in [4.69, 9.17) is 4.42 Å². The van der Waals surface area contributed by atoms with Gasteiger partial charge in [0, 0.05) is 22.8 Å². The molecule has 0 atom stereocenters. The van der Waals surface area contributed by atoms with Gasteiger partial charge in [-0.2, -0.15) is 13.2 Å². The average molecular weight is 481 g/mol. The number of aliphatic hydroxyl groups excluding tert-OH is 1. The molecule has 0 aliphatic carbocycles. The molecule has 35 heavy (non-hydrogen) atoms. The van der Waals surface area contributed by atoms with Crippen molar-refractivity contribution in [1.29, 1.82) is 0 Å². The largest absolute Gasteiger partial charge is 0.436 e. The molecule has 4 rings (SSSR count). The first-order chi connectivity index (χ1) is 16.7. The molecule has 0 aliphatic rings. The molecule has 2 heterocycles. The summed E-state index contributed by atoms with van der Waals surface area (Å²) in [4.78, 5) is 22.0. The fourth-order valence-corrected chi connectivity index (χ4v) is 3.60. The van der Waals surface area contributed by atoms with Gasteiger partial charge in [-0.15, -0.1) is 0 Å². The number of halogens is 3. The lowest BCUT2D eigenvalue weighted by Gasteiger charge is -2.11. The lowest BCUT2D eigenvalue weighted by atomic mass is 10.1. The number of amides is 1. The molecule has 2 N–H and O–H groups in total. The van der Waals surface area contributed by atoms with Gasteiger partial charge in [0.25, 0.3) is 5.91 Å². The fraction of sp³-hybridized carbons (Fsp3) is 0.192. The molecule has 0 unspecified atom stereocenters. The summed E-state index contributed by atoms with van der Waals surface area (Å²) in [6, 6.07) is 13.2. The van der Waals surface area contributed by atoms with Crippen molar-refractivity contribution in [3.8, 4) is 0 Å². The van der Waals surface area contributed by atoms with Gasteiger partial charge in [0.15, 0.2) is 5.58 Å². The molecular weight excluding hydrogens is 459 g/mol. The first kappa shape index (κ1) is 24.2. The highest BCUT2D eigenvalue weighted by molar-refractivity contribution is 6.05. The Balaban J connectivity index is 1.88. The molecule has 9 heteroatoms. The second-order valence-corrected chi connectivity index (χ2v) is 7.90. The Kier molecular flexibility index (Phi) is 6.70. The molecular formula is C26H22F3N3O3. The second kappa shape index (κ2) is 9.71. The minimum absolute atomic E-state index is 0.00267. The highest BCUT2D eigenvalue weighted by atomic mass is 19.4. The normalized spacial score (nSPS) is 12.2. The molecule has 180 valence electrons. The van der Waals surface area contributed by atoms with Crippen molar-refractivity contribution in [3.63, 3.8) is 0 Å². The SMILES string of the molecule is CCc1cccc(N=c2oc3c(C)ncc(CO)c3cc2C(=O)Nc2cccc(C(F)(F)F)c2)c1. The van der Waals surface area contributed by atoms with Crippen LogP contribution in [0.4, 0.5) is 24.5 Å². The molecule has 0 radical (unpaired) electrons. The van der Waals surface area contributed by atoms with E-state index in [0.717, 1.165) is 24.1 Å². The number of hydrogen-bond donors (Lipinski definition) is 2. The highest BCUT2D eigenvalue weighted by Crippen LogP contribution is 2.31. The fourth-order valence-electron chi connectivity index (χ4n) is 3.60. The zero-order valence-corrected chi connectivity index (χ0v) is 19.0. The minimum atomic E-state index is -4.55. The van der Waals surface area contributed by atoms with Crippen LogP contribution in [0.2, 0.25) is 0 Å². The number of aliphatic hydroxyl groups is 1. The topological polar surface area (TPSA) is 87.7 Å². The maximum Gasteiger partial charge on any atom is 0.416 e. The number of rotatable bonds is 5. The monoisotopic (exact) mass is 481 g/mol. The molecule has 1 amide bonds. The van der Waals surface area contributed by atoms with E-state index in [9.17, 15) is 23.1 Å². The zero-order valence-electron chi connectivity index (χ0n) is 19.0. The number of fused-ring (bicyclic) bond motifs is 1. The van der Waals surface area contributed by atoms with Crippen LogP contribution in [-0.2, 0) is 19.2 Å². The van der Waals surface area contributed by atoms with Crippen LogP contribution in [0.25, 0.3) is 11.0 Å². The molecule has 6 nitrogen and oxygen atoms in total. The van der Waals surface area contributed by atoms with Crippen LogP contribution in [0, 0.1) is 6.92 Å². The van der Waals surface area contributed by atoms with Crippen LogP contribution < -0.4 is 10.9 Å². The Morgan fingerprint density at radius 2 is 1.91 bits per heavy atom. The number of anilines is 1. The van der Waals surface area contributed by atoms with Crippen LogP contribution in [-0.4, -0.2) is 16.0 Å². The van der Waals surface area contributed by atoms with Gasteiger partial charge >= 0.3 is 6.18 Å². The van der Waals surface area contributed by atoms with Gasteiger partial charge in [-0.1, -0.05) is 25.1 Å². The number of hydrogen-bond acceptors (Lipinski definition) is 5. The van der Waals surface area contributed by atoms with Crippen LogP contribution in [0.3, 0.4) is 0 Å². The molecule has 0 saturated heterocycles. The Labute approximate surface area is 198 Å². The van der Waals surface area contributed by atoms with Crippen LogP contribution in [0.5, 0.6) is 0 Å². The van der Waals surface area contributed by atoms with E-state index in [-0.39, 0.29) is 23.4 Å². The summed E-state index contributed by atoms with van der Waals surface area (Å²) in [5.41, 5.74) is 1.93. The third kappa shape index (κ3) is 5.25. The number of nitrogens with one attached hydrogen (secondary N) is 1. The van der Waals surface area contributed by atoms with Crippen molar-refractivity contribution in [1.82, 2.24) is 4.98 Å². The van der Waals surface area contributed by atoms with E-state index in [1.54, 1.807) is 13.0 Å². The smallest absolute Gasteiger partial charge is 0.416 e. The standard InChI is InChI=1S/C26H22F3N3O3/c1-3-16-6-4-8-19(10-16)32-25-22(12-21-17(14-33)13-30-15(2)23(21)35-25)24(34)31-20-9-5-7-18(11-20)26(27,28)29/h4-13,33H,3,14H2,1-2H3,(H,31,34). The molecule has 0 spiro atoms. The quantitative estimate of drug-likeness (QED) is 0.383. The van der Waals surface area contributed by atoms with E-state index in [1.807, 2.05) is 25.1 Å². The predicted molar refractivity (Wildman–Crippen MR) is 125 cm³/mol. The van der Waals surface area contributed by atoms with Gasteiger partial charge < -0.3 is 14.8 Å². The zero-order chi connectivity index (χ0) is 25.2. The van der Waals surface area contributed by atoms with Crippen molar-refractivity contribution in [2.75, 3.05) is 5.32 Å². The van der Waals surface area contributed by atoms with Gasteiger partial charge in [0.05, 0.1) is 23.6 Å². The summed E-state index contributed by atoms with van der Waals surface area (Å²) in [7, 11) is 0. The van der Waals surface area contributed by atoms with Crippen molar-refractivity contribution < 1.29 is 27.5 Å². The summed E-state index contributed by atoms with van der Waals surface area (Å²) in [5, 5.41) is 12.7. The van der Waals surface area contributed by atoms with Gasteiger partial charge in [-0.3, -0.25) is 9.78 Å². The van der Waals surface area contributed by atoms with E-state index in [1.165, 1.54) is 24.4 Å². The van der Waals surface area contributed by atoms with Crippen molar-refractivity contribution in [2.45, 2.75) is 33.1 Å². The van der Waals surface area contributed by atoms with Gasteiger partial charge in [0.2, 0.25) is 5.55 Å². The molecule has 2 aromatic carbocycles. The van der Waals surface area contributed by atoms with Gasteiger partial charge in [0.1, 0.15) is 5.56 Å². The van der Waals surface area contributed by atoms with Gasteiger partial charge in [-0.25, -0.2) is 4.99 Å². The lowest BCUT2D eigenvalue weighted by Crippen LogP contribution is -2.22. The predicted octanol–water partition coefficient (Wildman–Crippen LogP) is 5.69. The first-order valence-corrected chi connectivity index (χ1v) is 10.8. The van der Waals surface area contributed by atoms with Crippen molar-refractivity contribution >= 4 is 28.3 Å². The minimum Gasteiger partial charge on any atom is -0.436 e. The summed E-state index contributed by atoms with van der Waals surface area (Å²) in [5.74, 6) is -0.710. The summed E-state index contributed by atoms with van der Waals surface area (Å²) < 4.78 is 45.4. The number of alkyl halides is 3. The molecule has 0 bridgehead atoms. The van der Waals surface area contributed by atoms with E-state index in [0.29, 0.717) is 27.9 Å². The Morgan fingerprint density at radius 3 is 2.63 bits per heavy atom. The Morgan fingerprint density at radius 1 is 1.14 bits per heavy atom. The third-order valence-corrected chi connectivity index (χ3v) is 5.46. The van der Waals surface area contributed by atoms with Crippen LogP contribution in [0.15, 0.2) is 70.2 Å². The summed E-state index contributed by atoms with van der Waals surface area (Å²) >= 11 is 0. The average Bonchev–Trinajstić information content (AvgIpc) is 2.84. The summed E-state index contributed by atoms with van der Waals surface area (Å²) in [6.07, 6.45) is -2.29. The molecule has 0 aliphatic heterocycles. The number of pyridine rings is 1. The molecule has 2 aromatic heterocycles. The van der Waals surface area contributed by atoms with Crippen LogP contribution in [0.1, 0.15) is 39.7 Å². The van der Waals surface area contributed by atoms with Crippen LogP contribution >= 0.6 is 0 Å². The second-order valence-electron chi connectivity index (χ2n) is 7.90. The lowest BCUT2D eigenvalue weighted by molar-refractivity contribution is -0.137. The first-order valence-electron chi connectivity index (χ1n) is 10.8. The van der Waals surface area contributed by atoms with Crippen molar-refractivity contribution in [2.24, 2.45) is 4.99 Å². The number of carbonyl (C=O) groups excluding carboxylic acids is 1. The third-order valence-electron chi connectivity index (χ3n) is 5.46. The van der Waals surface area contributed by atoms with E-state index < -0.39 is 17.6 Å². The Bertz CT molecular complexity index is 1480. The van der Waals surface area contributed by atoms with E-state index in [2.05, 4.69) is 15.3 Å². The molecule has 0 saturated carbocycles. The Hall–Kier alpha value is -3.98.